The Morgan fingerprint density at radius 3 is 2.43 bits per heavy atom. The van der Waals surface area contributed by atoms with E-state index in [-0.39, 0.29) is 11.3 Å². The maximum absolute atomic E-state index is 13.7. The van der Waals surface area contributed by atoms with Gasteiger partial charge in [0.15, 0.2) is 0 Å². The molecule has 1 aliphatic rings. The van der Waals surface area contributed by atoms with E-state index in [4.69, 9.17) is 0 Å². The molecule has 1 aliphatic carbocycles. The van der Waals surface area contributed by atoms with E-state index in [1.807, 2.05) is 0 Å². The van der Waals surface area contributed by atoms with Crippen LogP contribution in [-0.2, 0) is 0 Å². The van der Waals surface area contributed by atoms with E-state index in [1.54, 1.807) is 6.92 Å². The lowest BCUT2D eigenvalue weighted by Crippen LogP contribution is -2.26. The van der Waals surface area contributed by atoms with E-state index < -0.39 is 17.5 Å². The first-order valence-corrected chi connectivity index (χ1v) is 7.63. The van der Waals surface area contributed by atoms with Crippen LogP contribution in [0.25, 0.3) is 0 Å². The first-order valence-electron chi connectivity index (χ1n) is 7.63. The predicted octanol–water partition coefficient (Wildman–Crippen LogP) is 3.71. The lowest BCUT2D eigenvalue weighted by atomic mass is 10.0. The second-order valence-electron chi connectivity index (χ2n) is 5.54. The summed E-state index contributed by atoms with van der Waals surface area (Å²) in [5.74, 6) is -1.22. The number of benzene rings is 1. The summed E-state index contributed by atoms with van der Waals surface area (Å²) in [5.41, 5.74) is -0.155. The standard InChI is InChI=1S/C16H22F2N2O/c1-2-19-15-13(17)9-12(10-14(15)18)16(21)20-8-7-11-5-3-4-6-11/h9-11,19H,2-8H2,1H3,(H,20,21). The first kappa shape index (κ1) is 15.7. The summed E-state index contributed by atoms with van der Waals surface area (Å²) in [5, 5.41) is 5.35. The molecule has 0 atom stereocenters. The Hall–Kier alpha value is -1.65. The quantitative estimate of drug-likeness (QED) is 0.840. The van der Waals surface area contributed by atoms with Crippen molar-refractivity contribution in [2.24, 2.45) is 5.92 Å². The number of amides is 1. The Bertz CT molecular complexity index is 476. The molecule has 2 N–H and O–H groups in total. The van der Waals surface area contributed by atoms with Crippen molar-refractivity contribution in [1.29, 1.82) is 0 Å². The molecule has 1 fully saturated rings. The van der Waals surface area contributed by atoms with Crippen molar-refractivity contribution in [1.82, 2.24) is 5.32 Å². The van der Waals surface area contributed by atoms with Crippen LogP contribution in [0.2, 0.25) is 0 Å². The van der Waals surface area contributed by atoms with Crippen LogP contribution >= 0.6 is 0 Å². The van der Waals surface area contributed by atoms with Crippen LogP contribution in [0.5, 0.6) is 0 Å². The van der Waals surface area contributed by atoms with Crippen LogP contribution in [0.3, 0.4) is 0 Å². The molecule has 116 valence electrons. The average molecular weight is 296 g/mol. The number of rotatable bonds is 6. The van der Waals surface area contributed by atoms with Crippen molar-refractivity contribution in [3.63, 3.8) is 0 Å². The molecule has 21 heavy (non-hydrogen) atoms. The van der Waals surface area contributed by atoms with Crippen LogP contribution in [0.4, 0.5) is 14.5 Å². The highest BCUT2D eigenvalue weighted by molar-refractivity contribution is 5.94. The molecular weight excluding hydrogens is 274 g/mol. The molecular formula is C16H22F2N2O. The second kappa shape index (κ2) is 7.38. The zero-order valence-corrected chi connectivity index (χ0v) is 12.3. The lowest BCUT2D eigenvalue weighted by Gasteiger charge is -2.11. The Labute approximate surface area is 124 Å². The maximum Gasteiger partial charge on any atom is 0.251 e. The fourth-order valence-corrected chi connectivity index (χ4v) is 2.84. The van der Waals surface area contributed by atoms with Crippen LogP contribution in [-0.4, -0.2) is 19.0 Å². The van der Waals surface area contributed by atoms with E-state index >= 15 is 0 Å². The van der Waals surface area contributed by atoms with E-state index in [1.165, 1.54) is 25.7 Å². The Kier molecular flexibility index (Phi) is 5.53. The van der Waals surface area contributed by atoms with E-state index in [0.29, 0.717) is 19.0 Å². The van der Waals surface area contributed by atoms with Crippen LogP contribution in [0.15, 0.2) is 12.1 Å². The summed E-state index contributed by atoms with van der Waals surface area (Å²) in [7, 11) is 0. The number of hydrogen-bond acceptors (Lipinski definition) is 2. The van der Waals surface area contributed by atoms with Gasteiger partial charge in [-0.15, -0.1) is 0 Å². The van der Waals surface area contributed by atoms with Gasteiger partial charge in [-0.3, -0.25) is 4.79 Å². The van der Waals surface area contributed by atoms with Crippen molar-refractivity contribution in [3.05, 3.63) is 29.3 Å². The number of carbonyl (C=O) groups excluding carboxylic acids is 1. The third-order valence-electron chi connectivity index (χ3n) is 3.97. The molecule has 0 unspecified atom stereocenters. The summed E-state index contributed by atoms with van der Waals surface area (Å²) in [6.45, 7) is 2.73. The second-order valence-corrected chi connectivity index (χ2v) is 5.54. The Morgan fingerprint density at radius 2 is 1.86 bits per heavy atom. The van der Waals surface area contributed by atoms with E-state index in [2.05, 4.69) is 10.6 Å². The average Bonchev–Trinajstić information content (AvgIpc) is 2.95. The Morgan fingerprint density at radius 1 is 1.24 bits per heavy atom. The third-order valence-corrected chi connectivity index (χ3v) is 3.97. The fraction of sp³-hybridized carbons (Fsp3) is 0.562. The van der Waals surface area contributed by atoms with E-state index in [0.717, 1.165) is 18.6 Å². The first-order chi connectivity index (χ1) is 10.1. The molecule has 0 spiro atoms. The molecule has 1 saturated carbocycles. The Balaban J connectivity index is 1.92. The molecule has 0 radical (unpaired) electrons. The molecule has 1 aromatic rings. The van der Waals surface area contributed by atoms with Gasteiger partial charge in [0.05, 0.1) is 0 Å². The van der Waals surface area contributed by atoms with E-state index in [9.17, 15) is 13.6 Å². The normalized spacial score (nSPS) is 15.2. The van der Waals surface area contributed by atoms with Crippen LogP contribution < -0.4 is 10.6 Å². The highest BCUT2D eigenvalue weighted by Gasteiger charge is 2.17. The van der Waals surface area contributed by atoms with Crippen LogP contribution in [0.1, 0.15) is 49.4 Å². The van der Waals surface area contributed by atoms with Gasteiger partial charge < -0.3 is 10.6 Å². The minimum atomic E-state index is -0.738. The summed E-state index contributed by atoms with van der Waals surface area (Å²) in [6.07, 6.45) is 5.90. The lowest BCUT2D eigenvalue weighted by molar-refractivity contribution is 0.0950. The zero-order chi connectivity index (χ0) is 15.2. The van der Waals surface area contributed by atoms with Crippen molar-refractivity contribution in [3.8, 4) is 0 Å². The fourth-order valence-electron chi connectivity index (χ4n) is 2.84. The van der Waals surface area contributed by atoms with Gasteiger partial charge in [0, 0.05) is 18.7 Å². The smallest absolute Gasteiger partial charge is 0.251 e. The van der Waals surface area contributed by atoms with Gasteiger partial charge in [-0.05, 0) is 31.4 Å². The highest BCUT2D eigenvalue weighted by atomic mass is 19.1. The van der Waals surface area contributed by atoms with Gasteiger partial charge in [0.2, 0.25) is 0 Å². The topological polar surface area (TPSA) is 41.1 Å². The number of nitrogens with one attached hydrogen (secondary N) is 2. The third kappa shape index (κ3) is 4.16. The molecule has 0 heterocycles. The summed E-state index contributed by atoms with van der Waals surface area (Å²) in [4.78, 5) is 11.9. The zero-order valence-electron chi connectivity index (χ0n) is 12.3. The molecule has 5 heteroatoms. The molecule has 0 aromatic heterocycles. The number of anilines is 1. The number of halogens is 2. The minimum Gasteiger partial charge on any atom is -0.381 e. The molecule has 0 saturated heterocycles. The van der Waals surface area contributed by atoms with Gasteiger partial charge in [-0.25, -0.2) is 8.78 Å². The monoisotopic (exact) mass is 296 g/mol. The van der Waals surface area contributed by atoms with Crippen molar-refractivity contribution < 1.29 is 13.6 Å². The molecule has 1 aromatic carbocycles. The molecule has 0 bridgehead atoms. The SMILES string of the molecule is CCNc1c(F)cc(C(=O)NCCC2CCCC2)cc1F. The largest absolute Gasteiger partial charge is 0.381 e. The summed E-state index contributed by atoms with van der Waals surface area (Å²) >= 11 is 0. The summed E-state index contributed by atoms with van der Waals surface area (Å²) < 4.78 is 27.5. The van der Waals surface area contributed by atoms with Gasteiger partial charge in [0.1, 0.15) is 17.3 Å². The van der Waals surface area contributed by atoms with Crippen molar-refractivity contribution in [2.75, 3.05) is 18.4 Å². The van der Waals surface area contributed by atoms with Crippen LogP contribution in [0, 0.1) is 17.6 Å². The minimum absolute atomic E-state index is 0.0260. The molecule has 0 aliphatic heterocycles. The van der Waals surface area contributed by atoms with Gasteiger partial charge >= 0.3 is 0 Å². The molecule has 2 rings (SSSR count). The maximum atomic E-state index is 13.7. The molecule has 3 nitrogen and oxygen atoms in total. The predicted molar refractivity (Wildman–Crippen MR) is 79.4 cm³/mol. The van der Waals surface area contributed by atoms with Crippen molar-refractivity contribution >= 4 is 11.6 Å². The molecule has 1 amide bonds. The summed E-state index contributed by atoms with van der Waals surface area (Å²) in [6, 6.07) is 2.15. The van der Waals surface area contributed by atoms with Gasteiger partial charge in [0.25, 0.3) is 5.91 Å². The van der Waals surface area contributed by atoms with Gasteiger partial charge in [-0.2, -0.15) is 0 Å². The number of carbonyl (C=O) groups is 1. The van der Waals surface area contributed by atoms with Crippen molar-refractivity contribution in [2.45, 2.75) is 39.0 Å². The number of hydrogen-bond donors (Lipinski definition) is 2. The van der Waals surface area contributed by atoms with Gasteiger partial charge in [-0.1, -0.05) is 25.7 Å². The highest BCUT2D eigenvalue weighted by Crippen LogP contribution is 2.27.